The molecule has 132 valence electrons. The quantitative estimate of drug-likeness (QED) is 0.505. The topological polar surface area (TPSA) is 81.8 Å². The molecule has 1 fully saturated rings. The Bertz CT molecular complexity index is 1050. The van der Waals surface area contributed by atoms with Gasteiger partial charge < -0.3 is 5.32 Å². The first-order valence-electron chi connectivity index (χ1n) is 8.82. The Labute approximate surface area is 154 Å². The van der Waals surface area contributed by atoms with Gasteiger partial charge in [0.25, 0.3) is 0 Å². The van der Waals surface area contributed by atoms with Crippen LogP contribution in [0, 0.1) is 0 Å². The second kappa shape index (κ2) is 6.54. The Hall–Kier alpha value is -2.71. The van der Waals surface area contributed by atoms with E-state index in [1.807, 2.05) is 24.4 Å². The van der Waals surface area contributed by atoms with Crippen LogP contribution in [0.2, 0.25) is 0 Å². The molecule has 0 saturated carbocycles. The van der Waals surface area contributed by atoms with E-state index < -0.39 is 0 Å². The Morgan fingerprint density at radius 3 is 2.92 bits per heavy atom. The highest BCUT2D eigenvalue weighted by molar-refractivity contribution is 7.17. The molecule has 0 unspecified atom stereocenters. The van der Waals surface area contributed by atoms with E-state index in [0.717, 1.165) is 45.7 Å². The molecule has 26 heavy (non-hydrogen) atoms. The molecular weight excluding hydrogens is 346 g/mol. The minimum absolute atomic E-state index is 0.643. The van der Waals surface area contributed by atoms with Crippen LogP contribution in [0.5, 0.6) is 0 Å². The zero-order valence-electron chi connectivity index (χ0n) is 14.2. The number of H-pyrrole nitrogens is 1. The van der Waals surface area contributed by atoms with Crippen LogP contribution in [0.15, 0.2) is 35.8 Å². The molecule has 1 aliphatic rings. The second-order valence-corrected chi connectivity index (χ2v) is 7.40. The van der Waals surface area contributed by atoms with Crippen LogP contribution in [0.25, 0.3) is 21.1 Å². The number of benzene rings is 1. The third-order valence-electron chi connectivity index (χ3n) is 4.62. The maximum atomic E-state index is 4.74. The Balaban J connectivity index is 1.47. The summed E-state index contributed by atoms with van der Waals surface area (Å²) < 4.78 is 1.06. The van der Waals surface area contributed by atoms with Gasteiger partial charge in [-0.15, -0.1) is 11.3 Å². The first-order chi connectivity index (χ1) is 12.8. The zero-order chi connectivity index (χ0) is 17.3. The van der Waals surface area contributed by atoms with Crippen molar-refractivity contribution < 1.29 is 0 Å². The van der Waals surface area contributed by atoms with Crippen LogP contribution in [-0.2, 0) is 0 Å². The largest absolute Gasteiger partial charge is 0.339 e. The van der Waals surface area contributed by atoms with Crippen molar-refractivity contribution in [3.8, 4) is 0 Å². The number of piperidine rings is 1. The number of nitrogens with one attached hydrogen (secondary N) is 3. The fourth-order valence-corrected chi connectivity index (χ4v) is 4.08. The van der Waals surface area contributed by atoms with Gasteiger partial charge in [-0.2, -0.15) is 10.1 Å². The molecule has 1 aromatic carbocycles. The minimum Gasteiger partial charge on any atom is -0.339 e. The molecule has 4 aromatic rings. The molecule has 0 atom stereocenters. The van der Waals surface area contributed by atoms with E-state index in [1.54, 1.807) is 11.3 Å². The Morgan fingerprint density at radius 2 is 2.00 bits per heavy atom. The smallest absolute Gasteiger partial charge is 0.240 e. The summed E-state index contributed by atoms with van der Waals surface area (Å²) in [6, 6.07) is 8.15. The van der Waals surface area contributed by atoms with Gasteiger partial charge in [0.1, 0.15) is 0 Å². The highest BCUT2D eigenvalue weighted by Gasteiger charge is 2.14. The van der Waals surface area contributed by atoms with E-state index in [2.05, 4.69) is 42.4 Å². The Morgan fingerprint density at radius 1 is 1.08 bits per heavy atom. The molecule has 0 spiro atoms. The number of anilines is 3. The van der Waals surface area contributed by atoms with Gasteiger partial charge in [0.05, 0.1) is 21.9 Å². The average molecular weight is 365 g/mol. The molecule has 3 N–H and O–H groups in total. The number of hydrogen-bond acceptors (Lipinski definition) is 7. The molecule has 8 heteroatoms. The lowest BCUT2D eigenvalue weighted by Gasteiger charge is -2.26. The van der Waals surface area contributed by atoms with Crippen LogP contribution in [-0.4, -0.2) is 38.3 Å². The SMILES string of the molecule is c1cc2nc(NN3CCCCC3)nc(Nc3ccc4[nH]ncc4c3)c2s1. The fourth-order valence-electron chi connectivity index (χ4n) is 3.30. The lowest BCUT2D eigenvalue weighted by Crippen LogP contribution is -2.35. The standard InChI is InChI=1S/C18H19N7S/c1-2-7-25(8-3-1)24-18-21-15-6-9-26-16(15)17(22-18)20-13-4-5-14-12(10-13)11-19-23-14/h4-6,9-11H,1-3,7-8H2,(H,19,23)(H2,20,21,22,24). The van der Waals surface area contributed by atoms with Gasteiger partial charge in [-0.1, -0.05) is 6.42 Å². The van der Waals surface area contributed by atoms with Gasteiger partial charge in [0.2, 0.25) is 5.95 Å². The van der Waals surface area contributed by atoms with Crippen molar-refractivity contribution in [1.29, 1.82) is 0 Å². The minimum atomic E-state index is 0.643. The van der Waals surface area contributed by atoms with Crippen LogP contribution in [0.1, 0.15) is 19.3 Å². The number of fused-ring (bicyclic) bond motifs is 2. The van der Waals surface area contributed by atoms with E-state index in [1.165, 1.54) is 19.3 Å². The van der Waals surface area contributed by atoms with Gasteiger partial charge in [-0.25, -0.2) is 9.99 Å². The molecule has 0 amide bonds. The number of hydrazine groups is 1. The first-order valence-corrected chi connectivity index (χ1v) is 9.70. The third-order valence-corrected chi connectivity index (χ3v) is 5.53. The van der Waals surface area contributed by atoms with Crippen LogP contribution >= 0.6 is 11.3 Å². The summed E-state index contributed by atoms with van der Waals surface area (Å²) in [6.45, 7) is 2.07. The van der Waals surface area contributed by atoms with Gasteiger partial charge in [0, 0.05) is 24.2 Å². The van der Waals surface area contributed by atoms with Crippen molar-refractivity contribution in [2.24, 2.45) is 0 Å². The van der Waals surface area contributed by atoms with Gasteiger partial charge in [-0.05, 0) is 42.5 Å². The van der Waals surface area contributed by atoms with Crippen LogP contribution in [0.3, 0.4) is 0 Å². The highest BCUT2D eigenvalue weighted by atomic mass is 32.1. The number of nitrogens with zero attached hydrogens (tertiary/aromatic N) is 4. The highest BCUT2D eigenvalue weighted by Crippen LogP contribution is 2.30. The van der Waals surface area contributed by atoms with Crippen molar-refractivity contribution >= 4 is 49.9 Å². The molecule has 4 heterocycles. The zero-order valence-corrected chi connectivity index (χ0v) is 15.0. The molecule has 3 aromatic heterocycles. The summed E-state index contributed by atoms with van der Waals surface area (Å²) in [7, 11) is 0. The number of rotatable bonds is 4. The lowest BCUT2D eigenvalue weighted by molar-refractivity contribution is 0.271. The fraction of sp³-hybridized carbons (Fsp3) is 0.278. The van der Waals surface area contributed by atoms with E-state index >= 15 is 0 Å². The van der Waals surface area contributed by atoms with E-state index in [4.69, 9.17) is 4.98 Å². The summed E-state index contributed by atoms with van der Waals surface area (Å²) in [5.74, 6) is 1.47. The maximum absolute atomic E-state index is 4.74. The second-order valence-electron chi connectivity index (χ2n) is 6.49. The summed E-state index contributed by atoms with van der Waals surface area (Å²) in [6.07, 6.45) is 5.55. The number of hydrogen-bond donors (Lipinski definition) is 3. The molecule has 0 aliphatic carbocycles. The Kier molecular flexibility index (Phi) is 3.91. The van der Waals surface area contributed by atoms with Gasteiger partial charge in [0.15, 0.2) is 5.82 Å². The van der Waals surface area contributed by atoms with E-state index in [-0.39, 0.29) is 0 Å². The molecular formula is C18H19N7S. The number of thiophene rings is 1. The average Bonchev–Trinajstić information content (AvgIpc) is 3.31. The van der Waals surface area contributed by atoms with Crippen LogP contribution < -0.4 is 10.7 Å². The molecule has 0 radical (unpaired) electrons. The summed E-state index contributed by atoms with van der Waals surface area (Å²) in [5, 5.41) is 15.8. The van der Waals surface area contributed by atoms with Gasteiger partial charge in [-0.3, -0.25) is 10.5 Å². The predicted octanol–water partition coefficient (Wildman–Crippen LogP) is 4.12. The molecule has 7 nitrogen and oxygen atoms in total. The molecule has 5 rings (SSSR count). The summed E-state index contributed by atoms with van der Waals surface area (Å²) in [4.78, 5) is 9.41. The predicted molar refractivity (Wildman–Crippen MR) is 106 cm³/mol. The van der Waals surface area contributed by atoms with Crippen molar-refractivity contribution in [2.45, 2.75) is 19.3 Å². The van der Waals surface area contributed by atoms with Crippen molar-refractivity contribution in [3.63, 3.8) is 0 Å². The third kappa shape index (κ3) is 2.97. The van der Waals surface area contributed by atoms with Crippen LogP contribution in [0.4, 0.5) is 17.5 Å². The summed E-state index contributed by atoms with van der Waals surface area (Å²) in [5.41, 5.74) is 6.33. The van der Waals surface area contributed by atoms with E-state index in [9.17, 15) is 0 Å². The monoisotopic (exact) mass is 365 g/mol. The molecule has 1 aliphatic heterocycles. The molecule has 0 bridgehead atoms. The summed E-state index contributed by atoms with van der Waals surface area (Å²) >= 11 is 1.65. The van der Waals surface area contributed by atoms with Gasteiger partial charge >= 0.3 is 0 Å². The number of aromatic amines is 1. The maximum Gasteiger partial charge on any atom is 0.240 e. The number of aromatic nitrogens is 4. The van der Waals surface area contributed by atoms with E-state index in [0.29, 0.717) is 5.95 Å². The van der Waals surface area contributed by atoms with Crippen molar-refractivity contribution in [2.75, 3.05) is 23.8 Å². The normalized spacial score (nSPS) is 15.5. The van der Waals surface area contributed by atoms with Crippen molar-refractivity contribution in [1.82, 2.24) is 25.2 Å². The molecule has 1 saturated heterocycles. The lowest BCUT2D eigenvalue weighted by atomic mass is 10.2. The van der Waals surface area contributed by atoms with Crippen molar-refractivity contribution in [3.05, 3.63) is 35.8 Å². The first kappa shape index (κ1) is 15.5.